The second-order valence-corrected chi connectivity index (χ2v) is 16.3. The number of esters is 1. The molecule has 1 amide bonds. The van der Waals surface area contributed by atoms with Gasteiger partial charge in [0.25, 0.3) is 0 Å². The first-order chi connectivity index (χ1) is 26.1. The molecule has 0 heterocycles. The van der Waals surface area contributed by atoms with Crippen LogP contribution in [0.4, 0.5) is 0 Å². The van der Waals surface area contributed by atoms with Crippen molar-refractivity contribution in [3.05, 3.63) is 12.2 Å². The molecular formula is C42H80NO10P. The maximum Gasteiger partial charge on any atom is 0.472 e. The molecule has 4 N–H and O–H groups in total. The third-order valence-corrected chi connectivity index (χ3v) is 10.5. The number of carboxylic acids is 1. The molecule has 0 aromatic heterocycles. The fourth-order valence-electron chi connectivity index (χ4n) is 6.13. The van der Waals surface area contributed by atoms with E-state index in [2.05, 4.69) is 31.3 Å². The lowest BCUT2D eigenvalue weighted by molar-refractivity contribution is -0.147. The van der Waals surface area contributed by atoms with E-state index < -0.39 is 57.6 Å². The van der Waals surface area contributed by atoms with Crippen LogP contribution in [0.5, 0.6) is 0 Å². The van der Waals surface area contributed by atoms with Gasteiger partial charge in [0.2, 0.25) is 5.91 Å². The van der Waals surface area contributed by atoms with Crippen LogP contribution in [0.2, 0.25) is 0 Å². The van der Waals surface area contributed by atoms with Crippen molar-refractivity contribution in [1.29, 1.82) is 0 Å². The smallest absolute Gasteiger partial charge is 0.472 e. The normalized spacial score (nSPS) is 13.9. The van der Waals surface area contributed by atoms with E-state index in [4.69, 9.17) is 13.8 Å². The second kappa shape index (κ2) is 38.1. The van der Waals surface area contributed by atoms with Crippen LogP contribution in [-0.4, -0.2) is 64.9 Å². The number of ether oxygens (including phenoxy) is 1. The molecule has 0 fully saturated rings. The number of aliphatic carboxylic acids is 1. The Morgan fingerprint density at radius 2 is 0.963 bits per heavy atom. The molecule has 0 saturated heterocycles. The molecule has 0 radical (unpaired) electrons. The fraction of sp³-hybridized carbons (Fsp3) is 0.881. The molecule has 3 unspecified atom stereocenters. The first kappa shape index (κ1) is 52.2. The number of carboxylic acid groups (broad SMARTS) is 1. The van der Waals surface area contributed by atoms with Crippen molar-refractivity contribution < 1.29 is 47.8 Å². The summed E-state index contributed by atoms with van der Waals surface area (Å²) >= 11 is 0. The largest absolute Gasteiger partial charge is 0.480 e. The molecule has 0 rings (SSSR count). The topological polar surface area (TPSA) is 169 Å². The Bertz CT molecular complexity index is 979. The van der Waals surface area contributed by atoms with E-state index in [1.165, 1.54) is 128 Å². The lowest BCUT2D eigenvalue weighted by Gasteiger charge is -2.18. The van der Waals surface area contributed by atoms with E-state index in [9.17, 15) is 34.1 Å². The number of nitrogens with one attached hydrogen (secondary N) is 1. The number of aliphatic hydroxyl groups is 1. The van der Waals surface area contributed by atoms with Crippen molar-refractivity contribution >= 4 is 25.7 Å². The predicted molar refractivity (Wildman–Crippen MR) is 217 cm³/mol. The van der Waals surface area contributed by atoms with Gasteiger partial charge in [0.1, 0.15) is 12.7 Å². The van der Waals surface area contributed by atoms with Crippen LogP contribution in [0.3, 0.4) is 0 Å². The van der Waals surface area contributed by atoms with Crippen LogP contribution in [0.15, 0.2) is 12.2 Å². The van der Waals surface area contributed by atoms with Crippen LogP contribution >= 0.6 is 7.82 Å². The summed E-state index contributed by atoms with van der Waals surface area (Å²) < 4.78 is 26.8. The summed E-state index contributed by atoms with van der Waals surface area (Å²) in [6, 6.07) is -1.54. The van der Waals surface area contributed by atoms with E-state index in [0.717, 1.165) is 38.5 Å². The van der Waals surface area contributed by atoms with Crippen molar-refractivity contribution in [2.75, 3.05) is 19.8 Å². The van der Waals surface area contributed by atoms with E-state index >= 15 is 0 Å². The Morgan fingerprint density at radius 3 is 1.41 bits per heavy atom. The van der Waals surface area contributed by atoms with Crippen LogP contribution in [-0.2, 0) is 32.7 Å². The van der Waals surface area contributed by atoms with Gasteiger partial charge >= 0.3 is 19.8 Å². The molecule has 0 aromatic rings. The minimum absolute atomic E-state index is 0.150. The highest BCUT2D eigenvalue weighted by atomic mass is 31.2. The quantitative estimate of drug-likeness (QED) is 0.0202. The van der Waals surface area contributed by atoms with Gasteiger partial charge in [-0.3, -0.25) is 18.6 Å². The van der Waals surface area contributed by atoms with Gasteiger partial charge in [0, 0.05) is 12.8 Å². The van der Waals surface area contributed by atoms with Gasteiger partial charge in [-0.05, 0) is 38.5 Å². The summed E-state index contributed by atoms with van der Waals surface area (Å²) in [6.07, 6.45) is 36.7. The van der Waals surface area contributed by atoms with Gasteiger partial charge < -0.3 is 25.2 Å². The van der Waals surface area contributed by atoms with Crippen molar-refractivity contribution in [3.8, 4) is 0 Å². The standard InChI is InChI=1S/C42H80NO10P/c1-3-5-7-9-11-13-15-16-17-18-19-20-21-22-24-26-28-30-32-34-41(46)51-35-38(44)36-52-54(49,50)53-37-39(42(47)48)43-40(45)33-31-29-27-25-23-14-12-10-8-6-4-2/h16-17,38-39,44H,3-15,18-37H2,1-2H3,(H,43,45)(H,47,48)(H,49,50)/b17-16+. The maximum atomic E-state index is 12.2. The number of unbranched alkanes of at least 4 members (excludes halogenated alkanes) is 25. The van der Waals surface area contributed by atoms with Crippen molar-refractivity contribution in [2.45, 2.75) is 219 Å². The fourth-order valence-corrected chi connectivity index (χ4v) is 6.91. The molecule has 54 heavy (non-hydrogen) atoms. The number of allylic oxidation sites excluding steroid dienone is 2. The van der Waals surface area contributed by atoms with Crippen LogP contribution < -0.4 is 5.32 Å². The van der Waals surface area contributed by atoms with Gasteiger partial charge in [0.15, 0.2) is 6.04 Å². The number of rotatable bonds is 41. The molecule has 0 aliphatic carbocycles. The van der Waals surface area contributed by atoms with Crippen LogP contribution in [0.1, 0.15) is 206 Å². The number of carbonyl (C=O) groups is 3. The zero-order valence-electron chi connectivity index (χ0n) is 34.3. The number of phosphoric ester groups is 1. The van der Waals surface area contributed by atoms with Gasteiger partial charge in [0.05, 0.1) is 13.2 Å². The number of phosphoric acid groups is 1. The van der Waals surface area contributed by atoms with Crippen molar-refractivity contribution in [3.63, 3.8) is 0 Å². The number of hydrogen-bond donors (Lipinski definition) is 4. The Labute approximate surface area is 328 Å². The minimum atomic E-state index is -4.75. The summed E-state index contributed by atoms with van der Waals surface area (Å²) in [6.45, 7) is 2.58. The third kappa shape index (κ3) is 37.2. The Kier molecular flexibility index (Phi) is 36.9. The molecule has 3 atom stereocenters. The highest BCUT2D eigenvalue weighted by Crippen LogP contribution is 2.43. The van der Waals surface area contributed by atoms with Gasteiger partial charge in [-0.2, -0.15) is 0 Å². The SMILES string of the molecule is CCCCCCCC/C=C/CCCCCCCCCCCC(=O)OCC(O)COP(=O)(O)OCC(NC(=O)CCCCCCCCCCCCC)C(=O)O. The molecule has 0 aromatic carbocycles. The highest BCUT2D eigenvalue weighted by molar-refractivity contribution is 7.47. The van der Waals surface area contributed by atoms with E-state index in [0.29, 0.717) is 12.8 Å². The average Bonchev–Trinajstić information content (AvgIpc) is 3.14. The zero-order valence-corrected chi connectivity index (χ0v) is 35.2. The van der Waals surface area contributed by atoms with Crippen LogP contribution in [0.25, 0.3) is 0 Å². The zero-order chi connectivity index (χ0) is 40.0. The van der Waals surface area contributed by atoms with E-state index in [1.807, 2.05) is 0 Å². The predicted octanol–water partition coefficient (Wildman–Crippen LogP) is 10.9. The molecule has 0 aliphatic rings. The summed E-state index contributed by atoms with van der Waals surface area (Å²) in [4.78, 5) is 45.8. The lowest BCUT2D eigenvalue weighted by atomic mass is 10.1. The van der Waals surface area contributed by atoms with Crippen molar-refractivity contribution in [2.24, 2.45) is 0 Å². The molecule has 0 saturated carbocycles. The second-order valence-electron chi connectivity index (χ2n) is 14.9. The molecule has 0 aliphatic heterocycles. The third-order valence-electron chi connectivity index (χ3n) is 9.55. The first-order valence-corrected chi connectivity index (χ1v) is 23.2. The van der Waals surface area contributed by atoms with Gasteiger partial charge in [-0.15, -0.1) is 0 Å². The molecule has 0 spiro atoms. The first-order valence-electron chi connectivity index (χ1n) is 21.7. The summed E-state index contributed by atoms with van der Waals surface area (Å²) in [5.74, 6) is -2.37. The molecule has 11 nitrogen and oxygen atoms in total. The molecule has 0 bridgehead atoms. The molecule has 12 heteroatoms. The van der Waals surface area contributed by atoms with E-state index in [-0.39, 0.29) is 12.8 Å². The number of aliphatic hydroxyl groups excluding tert-OH is 1. The summed E-state index contributed by atoms with van der Waals surface area (Å²) in [7, 11) is -4.75. The van der Waals surface area contributed by atoms with E-state index in [1.54, 1.807) is 0 Å². The summed E-state index contributed by atoms with van der Waals surface area (Å²) in [5, 5.41) is 21.8. The summed E-state index contributed by atoms with van der Waals surface area (Å²) in [5.41, 5.74) is 0. The minimum Gasteiger partial charge on any atom is -0.480 e. The van der Waals surface area contributed by atoms with Crippen molar-refractivity contribution in [1.82, 2.24) is 5.32 Å². The van der Waals surface area contributed by atoms with Crippen LogP contribution in [0, 0.1) is 0 Å². The molecular weight excluding hydrogens is 709 g/mol. The van der Waals surface area contributed by atoms with Gasteiger partial charge in [-0.1, -0.05) is 167 Å². The lowest BCUT2D eigenvalue weighted by Crippen LogP contribution is -2.43. The number of amides is 1. The monoisotopic (exact) mass is 790 g/mol. The number of hydrogen-bond acceptors (Lipinski definition) is 8. The Balaban J connectivity index is 3.85. The Morgan fingerprint density at radius 1 is 0.574 bits per heavy atom. The molecule has 318 valence electrons. The Hall–Kier alpha value is -1.78. The van der Waals surface area contributed by atoms with Gasteiger partial charge in [-0.25, -0.2) is 9.36 Å². The number of carbonyl (C=O) groups excluding carboxylic acids is 2. The highest BCUT2D eigenvalue weighted by Gasteiger charge is 2.28. The maximum absolute atomic E-state index is 12.2. The average molecular weight is 790 g/mol.